The van der Waals surface area contributed by atoms with Gasteiger partial charge in [0.15, 0.2) is 0 Å². The Morgan fingerprint density at radius 1 is 1.36 bits per heavy atom. The third-order valence-electron chi connectivity index (χ3n) is 6.42. The molecule has 0 radical (unpaired) electrons. The number of anilines is 1. The van der Waals surface area contributed by atoms with Gasteiger partial charge in [0.05, 0.1) is 19.2 Å². The van der Waals surface area contributed by atoms with Crippen molar-refractivity contribution in [3.63, 3.8) is 0 Å². The number of nitrogens with one attached hydrogen (secondary N) is 1. The molecule has 0 saturated heterocycles. The summed E-state index contributed by atoms with van der Waals surface area (Å²) in [6, 6.07) is 6.42. The summed E-state index contributed by atoms with van der Waals surface area (Å²) in [5.41, 5.74) is 1.39. The number of halogens is 1. The number of aliphatic hydroxyl groups is 1. The van der Waals surface area contributed by atoms with Crippen molar-refractivity contribution in [1.82, 2.24) is 14.8 Å². The summed E-state index contributed by atoms with van der Waals surface area (Å²) in [6.07, 6.45) is 3.30. The molecule has 190 valence electrons. The molecule has 36 heavy (non-hydrogen) atoms. The number of aliphatic hydroxyl groups excluding tert-OH is 1. The monoisotopic (exact) mass is 494 g/mol. The maximum Gasteiger partial charge on any atom is 0.321 e. The van der Waals surface area contributed by atoms with Crippen LogP contribution in [0.15, 0.2) is 36.5 Å². The number of amides is 3. The maximum atomic E-state index is 13.4. The number of fused-ring (bicyclic) bond motifs is 1. The molecule has 3 atom stereocenters. The van der Waals surface area contributed by atoms with E-state index >= 15 is 0 Å². The molecule has 2 N–H and O–H groups in total. The van der Waals surface area contributed by atoms with Gasteiger partial charge in [-0.05, 0) is 50.1 Å². The van der Waals surface area contributed by atoms with E-state index in [1.54, 1.807) is 31.1 Å². The fraction of sp³-hybridized carbons (Fsp3) is 0.444. The summed E-state index contributed by atoms with van der Waals surface area (Å²) in [5.74, 6) is 6.02. The zero-order valence-electron chi connectivity index (χ0n) is 20.7. The van der Waals surface area contributed by atoms with Crippen LogP contribution >= 0.6 is 0 Å². The lowest BCUT2D eigenvalue weighted by Crippen LogP contribution is -2.50. The van der Waals surface area contributed by atoms with Crippen LogP contribution < -0.4 is 10.1 Å². The van der Waals surface area contributed by atoms with Crippen LogP contribution in [-0.2, 0) is 0 Å². The molecule has 0 unspecified atom stereocenters. The Hall–Kier alpha value is -3.64. The summed E-state index contributed by atoms with van der Waals surface area (Å²) in [4.78, 5) is 33.7. The van der Waals surface area contributed by atoms with E-state index in [0.717, 1.165) is 12.8 Å². The van der Waals surface area contributed by atoms with E-state index in [0.29, 0.717) is 23.7 Å². The normalized spacial score (nSPS) is 20.1. The zero-order chi connectivity index (χ0) is 25.8. The van der Waals surface area contributed by atoms with Crippen molar-refractivity contribution < 1.29 is 23.8 Å². The van der Waals surface area contributed by atoms with Crippen molar-refractivity contribution in [3.05, 3.63) is 53.5 Å². The third kappa shape index (κ3) is 6.13. The number of hydrogen-bond acceptors (Lipinski definition) is 5. The zero-order valence-corrected chi connectivity index (χ0v) is 20.7. The molecule has 2 heterocycles. The topological polar surface area (TPSA) is 95.0 Å². The van der Waals surface area contributed by atoms with Gasteiger partial charge in [-0.2, -0.15) is 0 Å². The number of benzene rings is 1. The first kappa shape index (κ1) is 25.5. The van der Waals surface area contributed by atoms with E-state index in [2.05, 4.69) is 22.1 Å². The van der Waals surface area contributed by atoms with Crippen molar-refractivity contribution in [2.24, 2.45) is 11.8 Å². The van der Waals surface area contributed by atoms with Gasteiger partial charge in [-0.1, -0.05) is 18.8 Å². The van der Waals surface area contributed by atoms with Crippen molar-refractivity contribution in [2.45, 2.75) is 38.8 Å². The van der Waals surface area contributed by atoms with E-state index in [1.165, 1.54) is 29.2 Å². The van der Waals surface area contributed by atoms with Crippen LogP contribution in [0.3, 0.4) is 0 Å². The molecule has 1 aliphatic heterocycles. The van der Waals surface area contributed by atoms with Crippen LogP contribution in [0.2, 0.25) is 0 Å². The fourth-order valence-corrected chi connectivity index (χ4v) is 3.91. The van der Waals surface area contributed by atoms with Gasteiger partial charge in [0.1, 0.15) is 17.5 Å². The van der Waals surface area contributed by atoms with E-state index in [1.807, 2.05) is 6.92 Å². The second-order valence-corrected chi connectivity index (χ2v) is 9.56. The predicted octanol–water partition coefficient (Wildman–Crippen LogP) is 3.37. The Labute approximate surface area is 210 Å². The minimum absolute atomic E-state index is 0.173. The van der Waals surface area contributed by atoms with Crippen molar-refractivity contribution in [2.75, 3.05) is 32.1 Å². The maximum absolute atomic E-state index is 13.4. The molecule has 0 spiro atoms. The van der Waals surface area contributed by atoms with Gasteiger partial charge in [-0.25, -0.2) is 14.2 Å². The average molecular weight is 495 g/mol. The highest BCUT2D eigenvalue weighted by Crippen LogP contribution is 2.29. The molecule has 4 rings (SSSR count). The number of aromatic nitrogens is 1. The molecule has 8 nitrogen and oxygen atoms in total. The fourth-order valence-electron chi connectivity index (χ4n) is 3.91. The van der Waals surface area contributed by atoms with Crippen molar-refractivity contribution in [3.8, 4) is 17.7 Å². The predicted molar refractivity (Wildman–Crippen MR) is 133 cm³/mol. The first-order valence-corrected chi connectivity index (χ1v) is 12.1. The molecule has 1 saturated carbocycles. The van der Waals surface area contributed by atoms with E-state index < -0.39 is 12.1 Å². The van der Waals surface area contributed by atoms with Gasteiger partial charge in [0.2, 0.25) is 5.88 Å². The van der Waals surface area contributed by atoms with Crippen molar-refractivity contribution in [1.29, 1.82) is 0 Å². The van der Waals surface area contributed by atoms with Crippen LogP contribution in [-0.4, -0.2) is 70.7 Å². The van der Waals surface area contributed by atoms with Gasteiger partial charge in [0.25, 0.3) is 5.91 Å². The number of ether oxygens (including phenoxy) is 1. The summed E-state index contributed by atoms with van der Waals surface area (Å²) in [7, 11) is 1.64. The van der Waals surface area contributed by atoms with Gasteiger partial charge in [0, 0.05) is 42.9 Å². The lowest BCUT2D eigenvalue weighted by atomic mass is 10.00. The first-order valence-electron chi connectivity index (χ1n) is 12.1. The highest BCUT2D eigenvalue weighted by molar-refractivity contribution is 5.97. The lowest BCUT2D eigenvalue weighted by molar-refractivity contribution is 0.0356. The van der Waals surface area contributed by atoms with Gasteiger partial charge in [-0.3, -0.25) is 4.79 Å². The molecule has 2 aromatic rings. The Balaban J connectivity index is 1.57. The summed E-state index contributed by atoms with van der Waals surface area (Å²) in [5, 5.41) is 12.5. The number of carbonyl (C=O) groups is 2. The SMILES string of the molecule is C[C@@H]1CN([C@H](C)CO)C(=O)c2cc(C#CC3CC3)cnc2O[C@@H]1CN(C)C(=O)Nc1ccc(F)cc1. The van der Waals surface area contributed by atoms with E-state index in [-0.39, 0.29) is 48.3 Å². The second kappa shape index (κ2) is 11.0. The van der Waals surface area contributed by atoms with Gasteiger partial charge >= 0.3 is 6.03 Å². The average Bonchev–Trinajstić information content (AvgIpc) is 3.70. The highest BCUT2D eigenvalue weighted by atomic mass is 19.1. The van der Waals surface area contributed by atoms with Crippen LogP contribution in [0.4, 0.5) is 14.9 Å². The first-order chi connectivity index (χ1) is 17.2. The molecular weight excluding hydrogens is 463 g/mol. The molecule has 1 fully saturated rings. The number of rotatable bonds is 5. The Bertz CT molecular complexity index is 1170. The molecule has 1 aromatic heterocycles. The third-order valence-corrected chi connectivity index (χ3v) is 6.42. The number of urea groups is 1. The van der Waals surface area contributed by atoms with Crippen molar-refractivity contribution >= 4 is 17.6 Å². The molecule has 1 aliphatic carbocycles. The van der Waals surface area contributed by atoms with Crippen LogP contribution in [0.5, 0.6) is 5.88 Å². The van der Waals surface area contributed by atoms with Crippen LogP contribution in [0.25, 0.3) is 0 Å². The summed E-state index contributed by atoms with van der Waals surface area (Å²) in [6.45, 7) is 4.08. The van der Waals surface area contributed by atoms with Crippen LogP contribution in [0.1, 0.15) is 42.6 Å². The smallest absolute Gasteiger partial charge is 0.321 e. The molecule has 9 heteroatoms. The standard InChI is InChI=1S/C27H31FN4O4/c1-17-14-32(18(2)16-33)26(34)23-12-20(7-6-19-4-5-19)13-29-25(23)36-24(17)15-31(3)27(35)30-22-10-8-21(28)9-11-22/h8-13,17-19,24,33H,4-5,14-16H2,1-3H3,(H,30,35)/t17-,18-,24-/m1/s1. The minimum atomic E-state index is -0.481. The van der Waals surface area contributed by atoms with Gasteiger partial charge in [-0.15, -0.1) is 0 Å². The minimum Gasteiger partial charge on any atom is -0.472 e. The Morgan fingerprint density at radius 2 is 2.08 bits per heavy atom. The lowest BCUT2D eigenvalue weighted by Gasteiger charge is -2.37. The summed E-state index contributed by atoms with van der Waals surface area (Å²) < 4.78 is 19.4. The Morgan fingerprint density at radius 3 is 2.75 bits per heavy atom. The summed E-state index contributed by atoms with van der Waals surface area (Å²) >= 11 is 0. The number of hydrogen-bond donors (Lipinski definition) is 2. The number of carbonyl (C=O) groups excluding carboxylic acids is 2. The number of nitrogens with zero attached hydrogens (tertiary/aromatic N) is 3. The molecular formula is C27H31FN4O4. The van der Waals surface area contributed by atoms with Gasteiger partial charge < -0.3 is 25.0 Å². The molecule has 1 aromatic carbocycles. The Kier molecular flexibility index (Phi) is 7.75. The molecule has 3 amide bonds. The number of pyridine rings is 1. The largest absolute Gasteiger partial charge is 0.472 e. The van der Waals surface area contributed by atoms with E-state index in [9.17, 15) is 19.1 Å². The van der Waals surface area contributed by atoms with E-state index in [4.69, 9.17) is 4.74 Å². The number of likely N-dealkylation sites (N-methyl/N-ethyl adjacent to an activating group) is 1. The quantitative estimate of drug-likeness (QED) is 0.622. The molecule has 2 aliphatic rings. The highest BCUT2D eigenvalue weighted by Gasteiger charge is 2.34. The van der Waals surface area contributed by atoms with Crippen LogP contribution in [0, 0.1) is 29.5 Å². The molecule has 0 bridgehead atoms. The second-order valence-electron chi connectivity index (χ2n) is 9.56.